The first-order valence-corrected chi connectivity index (χ1v) is 11.2. The number of nitrogens with one attached hydrogen (secondary N) is 1. The van der Waals surface area contributed by atoms with Crippen molar-refractivity contribution in [3.8, 4) is 0 Å². The summed E-state index contributed by atoms with van der Waals surface area (Å²) in [5, 5.41) is 4.29. The minimum atomic E-state index is -3.69. The van der Waals surface area contributed by atoms with Gasteiger partial charge in [0.1, 0.15) is 0 Å². The summed E-state index contributed by atoms with van der Waals surface area (Å²) in [5.74, 6) is 1.11. The Bertz CT molecular complexity index is 802. The standard InChI is InChI=1S/C20H29N3O3S/c1-15-7-11-19(12-8-15)27(25,26)23(2)14-20(24)22-21-18-10-9-16-5-3-4-6-17(16)13-18/h7-8,11-12,16-17H,3-6,9-10,13-14H2,1-2H3,(H,22,24)/b21-18-/t16-,17-/m1/s1. The smallest absolute Gasteiger partial charge is 0.255 e. The van der Waals surface area contributed by atoms with Crippen molar-refractivity contribution < 1.29 is 13.2 Å². The largest absolute Gasteiger partial charge is 0.272 e. The van der Waals surface area contributed by atoms with Crippen molar-refractivity contribution in [2.75, 3.05) is 13.6 Å². The van der Waals surface area contributed by atoms with Gasteiger partial charge in [-0.05, 0) is 56.6 Å². The molecule has 2 fully saturated rings. The maximum absolute atomic E-state index is 12.6. The van der Waals surface area contributed by atoms with Crippen LogP contribution in [0.1, 0.15) is 50.5 Å². The third-order valence-electron chi connectivity index (χ3n) is 5.80. The number of likely N-dealkylation sites (N-methyl/N-ethyl adjacent to an activating group) is 1. The lowest BCUT2D eigenvalue weighted by Crippen LogP contribution is -2.37. The molecule has 0 bridgehead atoms. The molecule has 0 spiro atoms. The van der Waals surface area contributed by atoms with Gasteiger partial charge in [-0.25, -0.2) is 13.8 Å². The summed E-state index contributed by atoms with van der Waals surface area (Å²) >= 11 is 0. The van der Waals surface area contributed by atoms with Crippen LogP contribution in [0.25, 0.3) is 0 Å². The minimum absolute atomic E-state index is 0.185. The van der Waals surface area contributed by atoms with Gasteiger partial charge in [0.2, 0.25) is 10.0 Å². The molecule has 0 radical (unpaired) electrons. The van der Waals surface area contributed by atoms with Crippen molar-refractivity contribution in [1.82, 2.24) is 9.73 Å². The van der Waals surface area contributed by atoms with Crippen LogP contribution in [-0.2, 0) is 14.8 Å². The summed E-state index contributed by atoms with van der Waals surface area (Å²) in [6.07, 6.45) is 8.26. The fourth-order valence-corrected chi connectivity index (χ4v) is 5.27. The number of hydrogen-bond acceptors (Lipinski definition) is 4. The van der Waals surface area contributed by atoms with Crippen molar-refractivity contribution in [3.05, 3.63) is 29.8 Å². The van der Waals surface area contributed by atoms with Gasteiger partial charge in [-0.15, -0.1) is 0 Å². The van der Waals surface area contributed by atoms with E-state index in [0.29, 0.717) is 5.92 Å². The number of aryl methyl sites for hydroxylation is 1. The number of nitrogens with zero attached hydrogens (tertiary/aromatic N) is 2. The Hall–Kier alpha value is -1.73. The lowest BCUT2D eigenvalue weighted by molar-refractivity contribution is -0.121. The van der Waals surface area contributed by atoms with Crippen LogP contribution in [0.15, 0.2) is 34.3 Å². The molecule has 6 nitrogen and oxygen atoms in total. The molecule has 148 valence electrons. The zero-order valence-electron chi connectivity index (χ0n) is 16.1. The second kappa shape index (κ2) is 8.52. The fraction of sp³-hybridized carbons (Fsp3) is 0.600. The van der Waals surface area contributed by atoms with Gasteiger partial charge in [0.15, 0.2) is 0 Å². The Labute approximate surface area is 162 Å². The Morgan fingerprint density at radius 1 is 1.15 bits per heavy atom. The SMILES string of the molecule is Cc1ccc(S(=O)(=O)N(C)CC(=O)N/N=C2/CC[C@H]3CCCC[C@@H]3C2)cc1. The predicted octanol–water partition coefficient (Wildman–Crippen LogP) is 3.08. The Balaban J connectivity index is 1.54. The Kier molecular flexibility index (Phi) is 6.32. The van der Waals surface area contributed by atoms with Gasteiger partial charge in [0, 0.05) is 12.8 Å². The van der Waals surface area contributed by atoms with Gasteiger partial charge < -0.3 is 0 Å². The normalized spacial score (nSPS) is 24.6. The van der Waals surface area contributed by atoms with Crippen molar-refractivity contribution in [1.29, 1.82) is 0 Å². The highest BCUT2D eigenvalue weighted by Crippen LogP contribution is 2.39. The molecule has 0 aromatic heterocycles. The summed E-state index contributed by atoms with van der Waals surface area (Å²) in [5.41, 5.74) is 4.58. The van der Waals surface area contributed by atoms with E-state index in [-0.39, 0.29) is 11.4 Å². The molecule has 1 aromatic carbocycles. The second-order valence-electron chi connectivity index (χ2n) is 7.83. The molecule has 3 rings (SSSR count). The highest BCUT2D eigenvalue weighted by atomic mass is 32.2. The number of rotatable bonds is 5. The van der Waals surface area contributed by atoms with Gasteiger partial charge in [0.25, 0.3) is 5.91 Å². The number of carbonyl (C=O) groups excluding carboxylic acids is 1. The van der Waals surface area contributed by atoms with Crippen LogP contribution in [0.4, 0.5) is 0 Å². The van der Waals surface area contributed by atoms with Gasteiger partial charge in [-0.2, -0.15) is 9.41 Å². The molecule has 1 N–H and O–H groups in total. The first-order chi connectivity index (χ1) is 12.9. The summed E-state index contributed by atoms with van der Waals surface area (Å²) in [6.45, 7) is 1.65. The zero-order chi connectivity index (χ0) is 19.4. The van der Waals surface area contributed by atoms with Crippen LogP contribution in [0.5, 0.6) is 0 Å². The number of hydrazone groups is 1. The van der Waals surface area contributed by atoms with Crippen LogP contribution >= 0.6 is 0 Å². The summed E-state index contributed by atoms with van der Waals surface area (Å²) < 4.78 is 26.2. The molecular weight excluding hydrogens is 362 g/mol. The van der Waals surface area contributed by atoms with Crippen LogP contribution < -0.4 is 5.43 Å². The van der Waals surface area contributed by atoms with Gasteiger partial charge in [-0.1, -0.05) is 37.0 Å². The van der Waals surface area contributed by atoms with Gasteiger partial charge >= 0.3 is 0 Å². The number of benzene rings is 1. The van der Waals surface area contributed by atoms with E-state index in [1.54, 1.807) is 24.3 Å². The highest BCUT2D eigenvalue weighted by Gasteiger charge is 2.30. The molecule has 1 amide bonds. The minimum Gasteiger partial charge on any atom is -0.272 e. The van der Waals surface area contributed by atoms with Crippen LogP contribution in [0.3, 0.4) is 0 Å². The predicted molar refractivity (Wildman–Crippen MR) is 106 cm³/mol. The van der Waals surface area contributed by atoms with Gasteiger partial charge in [0.05, 0.1) is 11.4 Å². The summed E-state index contributed by atoms with van der Waals surface area (Å²) in [6, 6.07) is 6.60. The summed E-state index contributed by atoms with van der Waals surface area (Å²) in [7, 11) is -2.27. The van der Waals surface area contributed by atoms with Crippen LogP contribution in [-0.4, -0.2) is 37.9 Å². The molecule has 0 unspecified atom stereocenters. The molecule has 0 heterocycles. The van der Waals surface area contributed by atoms with E-state index in [4.69, 9.17) is 0 Å². The third-order valence-corrected chi connectivity index (χ3v) is 7.62. The lowest BCUT2D eigenvalue weighted by Gasteiger charge is -2.35. The van der Waals surface area contributed by atoms with E-state index in [2.05, 4.69) is 10.5 Å². The maximum Gasteiger partial charge on any atom is 0.255 e. The lowest BCUT2D eigenvalue weighted by atomic mass is 9.70. The van der Waals surface area contributed by atoms with E-state index in [9.17, 15) is 13.2 Å². The zero-order valence-corrected chi connectivity index (χ0v) is 17.0. The van der Waals surface area contributed by atoms with E-state index in [0.717, 1.165) is 40.8 Å². The van der Waals surface area contributed by atoms with E-state index >= 15 is 0 Å². The van der Waals surface area contributed by atoms with Crippen molar-refractivity contribution in [3.63, 3.8) is 0 Å². The molecule has 1 aromatic rings. The Morgan fingerprint density at radius 3 is 2.52 bits per heavy atom. The van der Waals surface area contributed by atoms with E-state index < -0.39 is 15.9 Å². The highest BCUT2D eigenvalue weighted by molar-refractivity contribution is 7.89. The fourth-order valence-electron chi connectivity index (χ4n) is 4.15. The summed E-state index contributed by atoms with van der Waals surface area (Å²) in [4.78, 5) is 12.4. The van der Waals surface area contributed by atoms with Crippen LogP contribution in [0, 0.1) is 18.8 Å². The number of amides is 1. The first-order valence-electron chi connectivity index (χ1n) is 9.73. The van der Waals surface area contributed by atoms with Crippen molar-refractivity contribution >= 4 is 21.6 Å². The first kappa shape index (κ1) is 20.0. The second-order valence-corrected chi connectivity index (χ2v) is 9.88. The van der Waals surface area contributed by atoms with Crippen molar-refractivity contribution in [2.45, 2.75) is 56.8 Å². The molecule has 2 saturated carbocycles. The van der Waals surface area contributed by atoms with Crippen molar-refractivity contribution in [2.24, 2.45) is 16.9 Å². The third kappa shape index (κ3) is 4.96. The molecule has 7 heteroatoms. The average Bonchev–Trinajstić information content (AvgIpc) is 2.66. The molecule has 2 aliphatic carbocycles. The quantitative estimate of drug-likeness (QED) is 0.784. The number of sulfonamides is 1. The van der Waals surface area contributed by atoms with E-state index in [1.807, 2.05) is 6.92 Å². The number of fused-ring (bicyclic) bond motifs is 1. The van der Waals surface area contributed by atoms with Crippen LogP contribution in [0.2, 0.25) is 0 Å². The molecule has 2 aliphatic rings. The molecular formula is C20H29N3O3S. The Morgan fingerprint density at radius 2 is 1.81 bits per heavy atom. The van der Waals surface area contributed by atoms with Gasteiger partial charge in [-0.3, -0.25) is 4.79 Å². The molecule has 27 heavy (non-hydrogen) atoms. The molecule has 0 aliphatic heterocycles. The number of carbonyl (C=O) groups is 1. The van der Waals surface area contributed by atoms with E-state index in [1.165, 1.54) is 32.7 Å². The monoisotopic (exact) mass is 391 g/mol. The topological polar surface area (TPSA) is 78.8 Å². The molecule has 0 saturated heterocycles. The average molecular weight is 392 g/mol. The maximum atomic E-state index is 12.6. The number of hydrogen-bond donors (Lipinski definition) is 1. The molecule has 2 atom stereocenters.